The highest BCUT2D eigenvalue weighted by molar-refractivity contribution is 5.69. The van der Waals surface area contributed by atoms with Crippen LogP contribution in [0.1, 0.15) is 26.7 Å². The van der Waals surface area contributed by atoms with Crippen LogP contribution in [-0.4, -0.2) is 33.6 Å². The van der Waals surface area contributed by atoms with Crippen molar-refractivity contribution in [2.75, 3.05) is 21.3 Å². The maximum absolute atomic E-state index is 11.2. The minimum Gasteiger partial charge on any atom is -0.469 e. The summed E-state index contributed by atoms with van der Waals surface area (Å²) >= 11 is 0. The van der Waals surface area contributed by atoms with Gasteiger partial charge in [0.1, 0.15) is 0 Å². The molecule has 0 saturated heterocycles. The fourth-order valence-electron chi connectivity index (χ4n) is 1.67. The molecule has 0 heterocycles. The Labute approximate surface area is 91.9 Å². The van der Waals surface area contributed by atoms with Crippen LogP contribution in [-0.2, 0) is 19.0 Å². The van der Waals surface area contributed by atoms with Crippen molar-refractivity contribution in [1.29, 1.82) is 0 Å². The Morgan fingerprint density at radius 2 is 1.67 bits per heavy atom. The van der Waals surface area contributed by atoms with Crippen LogP contribution in [0.2, 0.25) is 0 Å². The maximum atomic E-state index is 11.2. The topological polar surface area (TPSA) is 44.8 Å². The van der Waals surface area contributed by atoms with Gasteiger partial charge in [-0.25, -0.2) is 0 Å². The van der Waals surface area contributed by atoms with Gasteiger partial charge >= 0.3 is 5.97 Å². The predicted octanol–water partition coefficient (Wildman–Crippen LogP) is 1.83. The van der Waals surface area contributed by atoms with Gasteiger partial charge in [-0.3, -0.25) is 4.79 Å². The van der Waals surface area contributed by atoms with E-state index in [1.807, 2.05) is 0 Å². The van der Waals surface area contributed by atoms with Crippen molar-refractivity contribution < 1.29 is 19.0 Å². The Hall–Kier alpha value is -0.610. The smallest absolute Gasteiger partial charge is 0.305 e. The van der Waals surface area contributed by atoms with Gasteiger partial charge in [0.25, 0.3) is 0 Å². The quantitative estimate of drug-likeness (QED) is 0.483. The molecule has 0 radical (unpaired) electrons. The molecule has 0 bridgehead atoms. The summed E-state index contributed by atoms with van der Waals surface area (Å²) in [6, 6.07) is 0. The zero-order chi connectivity index (χ0) is 11.8. The summed E-state index contributed by atoms with van der Waals surface area (Å²) in [6.45, 7) is 4.21. The van der Waals surface area contributed by atoms with E-state index in [2.05, 4.69) is 18.6 Å². The number of esters is 1. The molecule has 0 amide bonds. The Balaban J connectivity index is 4.34. The lowest BCUT2D eigenvalue weighted by atomic mass is 9.93. The number of rotatable bonds is 7. The van der Waals surface area contributed by atoms with Crippen LogP contribution in [0.5, 0.6) is 0 Å². The first-order chi connectivity index (χ1) is 7.04. The second-order valence-corrected chi connectivity index (χ2v) is 4.01. The molecule has 0 spiro atoms. The average molecular weight is 218 g/mol. The molecule has 1 unspecified atom stereocenters. The summed E-state index contributed by atoms with van der Waals surface area (Å²) in [4.78, 5) is 11.2. The van der Waals surface area contributed by atoms with E-state index in [1.54, 1.807) is 14.2 Å². The van der Waals surface area contributed by atoms with E-state index in [9.17, 15) is 4.79 Å². The molecule has 0 aliphatic heterocycles. The van der Waals surface area contributed by atoms with Crippen molar-refractivity contribution in [3.05, 3.63) is 0 Å². The Morgan fingerprint density at radius 3 is 2.00 bits per heavy atom. The van der Waals surface area contributed by atoms with Crippen molar-refractivity contribution in [3.8, 4) is 0 Å². The molecule has 15 heavy (non-hydrogen) atoms. The van der Waals surface area contributed by atoms with Gasteiger partial charge in [-0.2, -0.15) is 0 Å². The SMILES string of the molecule is COC(=O)CC(CC(C)C)C(OC)OC. The van der Waals surface area contributed by atoms with Gasteiger partial charge in [-0.05, 0) is 12.3 Å². The molecule has 90 valence electrons. The van der Waals surface area contributed by atoms with Crippen LogP contribution in [0, 0.1) is 11.8 Å². The molecule has 0 N–H and O–H groups in total. The first kappa shape index (κ1) is 14.4. The van der Waals surface area contributed by atoms with Crippen LogP contribution in [0.25, 0.3) is 0 Å². The molecule has 0 aliphatic carbocycles. The molecule has 1 atom stereocenters. The van der Waals surface area contributed by atoms with Gasteiger partial charge < -0.3 is 14.2 Å². The lowest BCUT2D eigenvalue weighted by Crippen LogP contribution is -2.28. The highest BCUT2D eigenvalue weighted by Gasteiger charge is 2.25. The summed E-state index contributed by atoms with van der Waals surface area (Å²) in [5.41, 5.74) is 0. The molecular weight excluding hydrogens is 196 g/mol. The predicted molar refractivity (Wildman–Crippen MR) is 57.4 cm³/mol. The highest BCUT2D eigenvalue weighted by atomic mass is 16.7. The zero-order valence-electron chi connectivity index (χ0n) is 10.3. The molecule has 4 nitrogen and oxygen atoms in total. The summed E-state index contributed by atoms with van der Waals surface area (Å²) in [7, 11) is 4.56. The third-order valence-corrected chi connectivity index (χ3v) is 2.28. The first-order valence-corrected chi connectivity index (χ1v) is 5.17. The van der Waals surface area contributed by atoms with Crippen LogP contribution in [0.15, 0.2) is 0 Å². The van der Waals surface area contributed by atoms with Gasteiger partial charge in [0, 0.05) is 20.1 Å². The highest BCUT2D eigenvalue weighted by Crippen LogP contribution is 2.22. The van der Waals surface area contributed by atoms with Gasteiger partial charge in [-0.15, -0.1) is 0 Å². The summed E-state index contributed by atoms with van der Waals surface area (Å²) in [6.07, 6.45) is 0.870. The van der Waals surface area contributed by atoms with Gasteiger partial charge in [0.15, 0.2) is 6.29 Å². The van der Waals surface area contributed by atoms with E-state index in [0.717, 1.165) is 6.42 Å². The van der Waals surface area contributed by atoms with Crippen molar-refractivity contribution in [3.63, 3.8) is 0 Å². The molecule has 0 aromatic heterocycles. The van der Waals surface area contributed by atoms with Crippen LogP contribution >= 0.6 is 0 Å². The minimum atomic E-state index is -0.341. The fraction of sp³-hybridized carbons (Fsp3) is 0.909. The van der Waals surface area contributed by atoms with E-state index >= 15 is 0 Å². The largest absolute Gasteiger partial charge is 0.469 e. The summed E-state index contributed by atoms with van der Waals surface area (Å²) in [5, 5.41) is 0. The zero-order valence-corrected chi connectivity index (χ0v) is 10.3. The van der Waals surface area contributed by atoms with Crippen molar-refractivity contribution >= 4 is 5.97 Å². The van der Waals surface area contributed by atoms with Gasteiger partial charge in [-0.1, -0.05) is 13.8 Å². The van der Waals surface area contributed by atoms with Crippen LogP contribution in [0.3, 0.4) is 0 Å². The van der Waals surface area contributed by atoms with E-state index in [4.69, 9.17) is 9.47 Å². The second-order valence-electron chi connectivity index (χ2n) is 4.01. The molecule has 0 fully saturated rings. The number of ether oxygens (including phenoxy) is 3. The van der Waals surface area contributed by atoms with E-state index in [-0.39, 0.29) is 18.2 Å². The molecule has 0 saturated carbocycles. The molecule has 4 heteroatoms. The van der Waals surface area contributed by atoms with Crippen molar-refractivity contribution in [2.45, 2.75) is 33.0 Å². The monoisotopic (exact) mass is 218 g/mol. The third-order valence-electron chi connectivity index (χ3n) is 2.28. The van der Waals surface area contributed by atoms with Gasteiger partial charge in [0.05, 0.1) is 13.5 Å². The fourth-order valence-corrected chi connectivity index (χ4v) is 1.67. The lowest BCUT2D eigenvalue weighted by Gasteiger charge is -2.25. The van der Waals surface area contributed by atoms with E-state index < -0.39 is 0 Å². The molecule has 0 aromatic carbocycles. The first-order valence-electron chi connectivity index (χ1n) is 5.17. The normalized spacial score (nSPS) is 13.3. The molecule has 0 rings (SSSR count). The summed E-state index contributed by atoms with van der Waals surface area (Å²) < 4.78 is 15.0. The van der Waals surface area contributed by atoms with Crippen LogP contribution in [0.4, 0.5) is 0 Å². The summed E-state index contributed by atoms with van der Waals surface area (Å²) in [5.74, 6) is 0.319. The molecular formula is C11H22O4. The Kier molecular flexibility index (Phi) is 7.34. The molecule has 0 aromatic rings. The lowest BCUT2D eigenvalue weighted by molar-refractivity contribution is -0.159. The Morgan fingerprint density at radius 1 is 1.13 bits per heavy atom. The minimum absolute atomic E-state index is 0.0486. The maximum Gasteiger partial charge on any atom is 0.305 e. The van der Waals surface area contributed by atoms with Gasteiger partial charge in [0.2, 0.25) is 0 Å². The van der Waals surface area contributed by atoms with Crippen molar-refractivity contribution in [1.82, 2.24) is 0 Å². The average Bonchev–Trinajstić information content (AvgIpc) is 2.18. The standard InChI is InChI=1S/C11H22O4/c1-8(2)6-9(7-10(12)13-3)11(14-4)15-5/h8-9,11H,6-7H2,1-5H3. The number of hydrogen-bond donors (Lipinski definition) is 0. The number of carbonyl (C=O) groups excluding carboxylic acids is 1. The number of hydrogen-bond acceptors (Lipinski definition) is 4. The van der Waals surface area contributed by atoms with Crippen molar-refractivity contribution in [2.24, 2.45) is 11.8 Å². The number of carbonyl (C=O) groups is 1. The Bertz CT molecular complexity index is 175. The molecule has 0 aliphatic rings. The number of methoxy groups -OCH3 is 3. The van der Waals surface area contributed by atoms with E-state index in [0.29, 0.717) is 12.3 Å². The second kappa shape index (κ2) is 7.65. The third kappa shape index (κ3) is 5.74. The van der Waals surface area contributed by atoms with E-state index in [1.165, 1.54) is 7.11 Å². The van der Waals surface area contributed by atoms with Crippen LogP contribution < -0.4 is 0 Å².